The Morgan fingerprint density at radius 1 is 1.35 bits per heavy atom. The molecule has 1 aliphatic heterocycles. The number of nitrogens with zero attached hydrogens (tertiary/aromatic N) is 1. The van der Waals surface area contributed by atoms with Crippen molar-refractivity contribution >= 4 is 16.7 Å². The molecule has 1 aliphatic rings. The summed E-state index contributed by atoms with van der Waals surface area (Å²) in [6, 6.07) is 3.63. The Morgan fingerprint density at radius 2 is 2.19 bits per heavy atom. The topological polar surface area (TPSA) is 88.7 Å². The monoisotopic (exact) mass is 431 g/mol. The number of benzene rings is 1. The number of aryl methyl sites for hydroxylation is 1. The van der Waals surface area contributed by atoms with E-state index >= 15 is 0 Å². The standard InChI is InChI=1S/C23H29NO7/c1-5-12-29-22-16-10-11-18(30-19-9-7-8-13-28-19)15(3)21(16)31-23(25)20(22)17(24-26-4)14-27-6-2/h5,10-11,19H,1,6-9,12-14H2,2-4H3. The first kappa shape index (κ1) is 22.8. The van der Waals surface area contributed by atoms with E-state index in [2.05, 4.69) is 11.7 Å². The lowest BCUT2D eigenvalue weighted by atomic mass is 10.1. The lowest BCUT2D eigenvalue weighted by Gasteiger charge is -2.24. The molecule has 1 aromatic heterocycles. The van der Waals surface area contributed by atoms with E-state index in [4.69, 9.17) is 28.2 Å². The SMILES string of the molecule is C=CCOc1c(C(COCC)=NOC)c(=O)oc2c(C)c(OC3CCCCO3)ccc12. The maximum absolute atomic E-state index is 13.0. The van der Waals surface area contributed by atoms with Gasteiger partial charge in [0.25, 0.3) is 0 Å². The van der Waals surface area contributed by atoms with E-state index in [1.165, 1.54) is 7.11 Å². The van der Waals surface area contributed by atoms with Crippen molar-refractivity contribution in [3.8, 4) is 11.5 Å². The molecule has 1 aromatic carbocycles. The number of oxime groups is 1. The number of ether oxygens (including phenoxy) is 4. The first-order valence-corrected chi connectivity index (χ1v) is 10.4. The fourth-order valence-electron chi connectivity index (χ4n) is 3.42. The van der Waals surface area contributed by atoms with Gasteiger partial charge in [-0.25, -0.2) is 4.79 Å². The zero-order chi connectivity index (χ0) is 22.2. The van der Waals surface area contributed by atoms with Crippen molar-refractivity contribution in [1.82, 2.24) is 0 Å². The van der Waals surface area contributed by atoms with Crippen molar-refractivity contribution < 1.29 is 28.2 Å². The fraction of sp³-hybridized carbons (Fsp3) is 0.478. The molecule has 0 N–H and O–H groups in total. The van der Waals surface area contributed by atoms with Gasteiger partial charge >= 0.3 is 5.63 Å². The third-order valence-electron chi connectivity index (χ3n) is 4.90. The molecule has 2 heterocycles. The van der Waals surface area contributed by atoms with Crippen molar-refractivity contribution in [2.45, 2.75) is 39.4 Å². The highest BCUT2D eigenvalue weighted by Gasteiger charge is 2.24. The molecule has 0 saturated carbocycles. The summed E-state index contributed by atoms with van der Waals surface area (Å²) in [6.45, 7) is 8.79. The van der Waals surface area contributed by atoms with Gasteiger partial charge in [0, 0.05) is 18.6 Å². The first-order valence-electron chi connectivity index (χ1n) is 10.4. The van der Waals surface area contributed by atoms with Crippen LogP contribution in [0.2, 0.25) is 0 Å². The van der Waals surface area contributed by atoms with E-state index in [-0.39, 0.29) is 30.8 Å². The van der Waals surface area contributed by atoms with Crippen molar-refractivity contribution in [1.29, 1.82) is 0 Å². The van der Waals surface area contributed by atoms with Gasteiger partial charge in [0.2, 0.25) is 0 Å². The Hall–Kier alpha value is -2.84. The second-order valence-electron chi connectivity index (χ2n) is 7.03. The van der Waals surface area contributed by atoms with Gasteiger partial charge in [-0.15, -0.1) is 0 Å². The van der Waals surface area contributed by atoms with Crippen LogP contribution in [-0.2, 0) is 14.3 Å². The minimum Gasteiger partial charge on any atom is -0.488 e. The zero-order valence-corrected chi connectivity index (χ0v) is 18.3. The van der Waals surface area contributed by atoms with Crippen LogP contribution in [0.25, 0.3) is 11.0 Å². The molecule has 168 valence electrons. The van der Waals surface area contributed by atoms with Crippen LogP contribution >= 0.6 is 0 Å². The van der Waals surface area contributed by atoms with Crippen LogP contribution in [0.1, 0.15) is 37.3 Å². The van der Waals surface area contributed by atoms with Crippen LogP contribution in [-0.4, -0.2) is 45.5 Å². The molecule has 1 fully saturated rings. The number of fused-ring (bicyclic) bond motifs is 1. The van der Waals surface area contributed by atoms with E-state index in [1.54, 1.807) is 12.1 Å². The molecule has 0 spiro atoms. The summed E-state index contributed by atoms with van der Waals surface area (Å²) >= 11 is 0. The summed E-state index contributed by atoms with van der Waals surface area (Å²) in [5.41, 5.74) is 0.917. The summed E-state index contributed by atoms with van der Waals surface area (Å²) in [5, 5.41) is 4.59. The average Bonchev–Trinajstić information content (AvgIpc) is 2.78. The summed E-state index contributed by atoms with van der Waals surface area (Å²) < 4.78 is 28.7. The summed E-state index contributed by atoms with van der Waals surface area (Å²) in [6.07, 6.45) is 4.20. The largest absolute Gasteiger partial charge is 0.488 e. The third kappa shape index (κ3) is 5.26. The predicted molar refractivity (Wildman–Crippen MR) is 117 cm³/mol. The molecule has 8 nitrogen and oxygen atoms in total. The molecule has 3 rings (SSSR count). The Labute approximate surface area is 181 Å². The smallest absolute Gasteiger partial charge is 0.349 e. The van der Waals surface area contributed by atoms with Crippen LogP contribution in [0.3, 0.4) is 0 Å². The highest BCUT2D eigenvalue weighted by Crippen LogP contribution is 2.35. The third-order valence-corrected chi connectivity index (χ3v) is 4.90. The fourth-order valence-corrected chi connectivity index (χ4v) is 3.42. The highest BCUT2D eigenvalue weighted by atomic mass is 16.7. The Kier molecular flexibility index (Phi) is 8.08. The van der Waals surface area contributed by atoms with E-state index in [1.807, 2.05) is 19.9 Å². The van der Waals surface area contributed by atoms with E-state index in [9.17, 15) is 4.79 Å². The molecular formula is C23H29NO7. The lowest BCUT2D eigenvalue weighted by Crippen LogP contribution is -2.25. The van der Waals surface area contributed by atoms with Crippen molar-refractivity contribution in [2.75, 3.05) is 33.5 Å². The molecule has 1 unspecified atom stereocenters. The minimum atomic E-state index is -0.601. The zero-order valence-electron chi connectivity index (χ0n) is 18.3. The molecule has 0 radical (unpaired) electrons. The second-order valence-corrected chi connectivity index (χ2v) is 7.03. The lowest BCUT2D eigenvalue weighted by molar-refractivity contribution is -0.106. The van der Waals surface area contributed by atoms with Crippen LogP contribution in [0.15, 0.2) is 39.2 Å². The van der Waals surface area contributed by atoms with Gasteiger partial charge in [0.1, 0.15) is 42.1 Å². The number of hydrogen-bond donors (Lipinski definition) is 0. The van der Waals surface area contributed by atoms with Crippen LogP contribution in [0, 0.1) is 6.92 Å². The Balaban J connectivity index is 2.12. The molecule has 0 bridgehead atoms. The predicted octanol–water partition coefficient (Wildman–Crippen LogP) is 3.96. The first-order chi connectivity index (χ1) is 15.1. The minimum absolute atomic E-state index is 0.0737. The van der Waals surface area contributed by atoms with Crippen molar-refractivity contribution in [3.05, 3.63) is 46.3 Å². The van der Waals surface area contributed by atoms with E-state index in [0.29, 0.717) is 41.2 Å². The van der Waals surface area contributed by atoms with Crippen LogP contribution in [0.5, 0.6) is 11.5 Å². The van der Waals surface area contributed by atoms with Crippen LogP contribution < -0.4 is 15.1 Å². The van der Waals surface area contributed by atoms with Crippen LogP contribution in [0.4, 0.5) is 0 Å². The van der Waals surface area contributed by atoms with Crippen molar-refractivity contribution in [3.63, 3.8) is 0 Å². The van der Waals surface area contributed by atoms with Gasteiger partial charge in [-0.05, 0) is 38.8 Å². The molecule has 1 atom stereocenters. The molecule has 1 saturated heterocycles. The van der Waals surface area contributed by atoms with Gasteiger partial charge in [0.05, 0.1) is 18.6 Å². The van der Waals surface area contributed by atoms with Crippen molar-refractivity contribution in [2.24, 2.45) is 5.16 Å². The summed E-state index contributed by atoms with van der Waals surface area (Å²) in [4.78, 5) is 17.9. The van der Waals surface area contributed by atoms with E-state index < -0.39 is 5.63 Å². The molecular weight excluding hydrogens is 402 g/mol. The van der Waals surface area contributed by atoms with E-state index in [0.717, 1.165) is 19.3 Å². The number of rotatable bonds is 10. The maximum Gasteiger partial charge on any atom is 0.349 e. The summed E-state index contributed by atoms with van der Waals surface area (Å²) in [7, 11) is 1.40. The van der Waals surface area contributed by atoms with Gasteiger partial charge in [-0.3, -0.25) is 0 Å². The second kappa shape index (κ2) is 11.0. The van der Waals surface area contributed by atoms with Gasteiger partial charge in [-0.2, -0.15) is 0 Å². The average molecular weight is 431 g/mol. The maximum atomic E-state index is 13.0. The quantitative estimate of drug-likeness (QED) is 0.243. The number of hydrogen-bond acceptors (Lipinski definition) is 8. The normalized spacial score (nSPS) is 16.9. The molecule has 0 amide bonds. The molecule has 2 aromatic rings. The molecule has 8 heteroatoms. The Bertz CT molecular complexity index is 990. The van der Waals surface area contributed by atoms with Gasteiger partial charge in [0.15, 0.2) is 6.29 Å². The Morgan fingerprint density at radius 3 is 2.87 bits per heavy atom. The van der Waals surface area contributed by atoms with Gasteiger partial charge < -0.3 is 28.2 Å². The van der Waals surface area contributed by atoms with Gasteiger partial charge in [-0.1, -0.05) is 17.8 Å². The molecule has 31 heavy (non-hydrogen) atoms. The highest BCUT2D eigenvalue weighted by molar-refractivity contribution is 6.07. The summed E-state index contributed by atoms with van der Waals surface area (Å²) in [5.74, 6) is 0.940. The molecule has 0 aliphatic carbocycles.